The predicted octanol–water partition coefficient (Wildman–Crippen LogP) is 1.49. The molecule has 1 aliphatic carbocycles. The van der Waals surface area contributed by atoms with Crippen LogP contribution in [-0.2, 0) is 18.4 Å². The molecule has 2 rings (SSSR count). The largest absolute Gasteiger partial charge is 0.396 e. The molecule has 0 radical (unpaired) electrons. The van der Waals surface area contributed by atoms with Crippen molar-refractivity contribution in [1.29, 1.82) is 0 Å². The molecule has 0 unspecified atom stereocenters. The maximum Gasteiger partial charge on any atom is 0.0910 e. The summed E-state index contributed by atoms with van der Waals surface area (Å²) in [5.74, 6) is 0.495. The van der Waals surface area contributed by atoms with E-state index in [4.69, 9.17) is 9.84 Å². The standard InChI is InChI=1S/C12H20N2O2/c1-14-7-6-11(13-14)9-16-12-4-2-10(8-15)3-5-12/h6-7,10,12,15H,2-5,8-9H2,1H3. The van der Waals surface area contributed by atoms with Gasteiger partial charge in [-0.25, -0.2) is 0 Å². The van der Waals surface area contributed by atoms with E-state index in [1.165, 1.54) is 0 Å². The van der Waals surface area contributed by atoms with Crippen LogP contribution in [0.5, 0.6) is 0 Å². The van der Waals surface area contributed by atoms with Crippen LogP contribution < -0.4 is 0 Å². The van der Waals surface area contributed by atoms with Gasteiger partial charge in [0.25, 0.3) is 0 Å². The lowest BCUT2D eigenvalue weighted by Gasteiger charge is -2.27. The number of aromatic nitrogens is 2. The van der Waals surface area contributed by atoms with Crippen molar-refractivity contribution < 1.29 is 9.84 Å². The lowest BCUT2D eigenvalue weighted by atomic mass is 9.88. The van der Waals surface area contributed by atoms with Gasteiger partial charge in [0, 0.05) is 19.9 Å². The number of hydrogen-bond donors (Lipinski definition) is 1. The van der Waals surface area contributed by atoms with Gasteiger partial charge in [-0.3, -0.25) is 4.68 Å². The summed E-state index contributed by atoms with van der Waals surface area (Å²) >= 11 is 0. The van der Waals surface area contributed by atoms with Crippen LogP contribution in [-0.4, -0.2) is 27.6 Å². The topological polar surface area (TPSA) is 47.3 Å². The minimum atomic E-state index is 0.326. The first kappa shape index (κ1) is 11.6. The highest BCUT2D eigenvalue weighted by Gasteiger charge is 2.21. The summed E-state index contributed by atoms with van der Waals surface area (Å²) < 4.78 is 7.61. The first-order valence-electron chi connectivity index (χ1n) is 5.99. The van der Waals surface area contributed by atoms with E-state index in [-0.39, 0.29) is 0 Å². The van der Waals surface area contributed by atoms with Gasteiger partial charge in [0.2, 0.25) is 0 Å². The second-order valence-electron chi connectivity index (χ2n) is 4.62. The molecule has 4 heteroatoms. The average Bonchev–Trinajstić information content (AvgIpc) is 2.73. The Bertz CT molecular complexity index is 317. The average molecular weight is 224 g/mol. The molecule has 0 aromatic carbocycles. The fourth-order valence-electron chi connectivity index (χ4n) is 2.22. The van der Waals surface area contributed by atoms with Crippen molar-refractivity contribution in [1.82, 2.24) is 9.78 Å². The molecule has 16 heavy (non-hydrogen) atoms. The molecule has 1 heterocycles. The van der Waals surface area contributed by atoms with E-state index in [1.54, 1.807) is 4.68 Å². The summed E-state index contributed by atoms with van der Waals surface area (Å²) in [5.41, 5.74) is 0.992. The van der Waals surface area contributed by atoms with Gasteiger partial charge < -0.3 is 9.84 Å². The molecule has 1 N–H and O–H groups in total. The van der Waals surface area contributed by atoms with Gasteiger partial charge >= 0.3 is 0 Å². The summed E-state index contributed by atoms with van der Waals surface area (Å²) in [6, 6.07) is 1.99. The fraction of sp³-hybridized carbons (Fsp3) is 0.750. The zero-order valence-electron chi connectivity index (χ0n) is 9.80. The van der Waals surface area contributed by atoms with E-state index in [0.717, 1.165) is 31.4 Å². The summed E-state index contributed by atoms with van der Waals surface area (Å²) in [4.78, 5) is 0. The number of aliphatic hydroxyl groups excluding tert-OH is 1. The Morgan fingerprint density at radius 3 is 2.75 bits per heavy atom. The molecular formula is C12H20N2O2. The number of aryl methyl sites for hydroxylation is 1. The van der Waals surface area contributed by atoms with E-state index in [9.17, 15) is 0 Å². The van der Waals surface area contributed by atoms with Crippen LogP contribution in [0.1, 0.15) is 31.4 Å². The minimum Gasteiger partial charge on any atom is -0.396 e. The molecule has 0 atom stereocenters. The Labute approximate surface area is 96.2 Å². The highest BCUT2D eigenvalue weighted by Crippen LogP contribution is 2.26. The quantitative estimate of drug-likeness (QED) is 0.843. The van der Waals surface area contributed by atoms with Gasteiger partial charge in [-0.1, -0.05) is 0 Å². The monoisotopic (exact) mass is 224 g/mol. The third-order valence-corrected chi connectivity index (χ3v) is 3.29. The third kappa shape index (κ3) is 3.06. The SMILES string of the molecule is Cn1ccc(COC2CCC(CO)CC2)n1. The van der Waals surface area contributed by atoms with Crippen LogP contribution in [0.25, 0.3) is 0 Å². The van der Waals surface area contributed by atoms with Crippen LogP contribution in [0.2, 0.25) is 0 Å². The van der Waals surface area contributed by atoms with Crippen molar-refractivity contribution in [3.8, 4) is 0 Å². The Balaban J connectivity index is 1.71. The molecular weight excluding hydrogens is 204 g/mol. The van der Waals surface area contributed by atoms with Gasteiger partial charge in [0.15, 0.2) is 0 Å². The van der Waals surface area contributed by atoms with E-state index in [2.05, 4.69) is 5.10 Å². The molecule has 1 aromatic heterocycles. The summed E-state index contributed by atoms with van der Waals surface area (Å²) in [6.07, 6.45) is 6.59. The van der Waals surface area contributed by atoms with Gasteiger partial charge in [0.1, 0.15) is 0 Å². The van der Waals surface area contributed by atoms with Crippen LogP contribution in [0.3, 0.4) is 0 Å². The Kier molecular flexibility index (Phi) is 3.96. The van der Waals surface area contributed by atoms with Crippen LogP contribution in [0.4, 0.5) is 0 Å². The van der Waals surface area contributed by atoms with Crippen LogP contribution in [0, 0.1) is 5.92 Å². The maximum atomic E-state index is 9.03. The lowest BCUT2D eigenvalue weighted by Crippen LogP contribution is -2.23. The number of ether oxygens (including phenoxy) is 1. The van der Waals surface area contributed by atoms with E-state index in [0.29, 0.717) is 25.2 Å². The normalized spacial score (nSPS) is 25.9. The molecule has 0 aliphatic heterocycles. The Morgan fingerprint density at radius 1 is 1.44 bits per heavy atom. The molecule has 0 amide bonds. The predicted molar refractivity (Wildman–Crippen MR) is 60.8 cm³/mol. The second kappa shape index (κ2) is 5.46. The molecule has 1 fully saturated rings. The summed E-state index contributed by atoms with van der Waals surface area (Å²) in [6.45, 7) is 0.933. The Hall–Kier alpha value is -0.870. The highest BCUT2D eigenvalue weighted by atomic mass is 16.5. The van der Waals surface area contributed by atoms with Crippen molar-refractivity contribution in [2.45, 2.75) is 38.4 Å². The molecule has 90 valence electrons. The molecule has 0 spiro atoms. The van der Waals surface area contributed by atoms with Crippen molar-refractivity contribution in [2.24, 2.45) is 13.0 Å². The van der Waals surface area contributed by atoms with Crippen molar-refractivity contribution in [3.63, 3.8) is 0 Å². The van der Waals surface area contributed by atoms with E-state index >= 15 is 0 Å². The summed E-state index contributed by atoms with van der Waals surface area (Å²) in [7, 11) is 1.91. The molecule has 0 saturated heterocycles. The molecule has 1 aliphatic rings. The molecule has 1 aromatic rings. The molecule has 1 saturated carbocycles. The smallest absolute Gasteiger partial charge is 0.0910 e. The van der Waals surface area contributed by atoms with Crippen molar-refractivity contribution >= 4 is 0 Å². The van der Waals surface area contributed by atoms with Crippen LogP contribution >= 0.6 is 0 Å². The number of rotatable bonds is 4. The Morgan fingerprint density at radius 2 is 2.19 bits per heavy atom. The van der Waals surface area contributed by atoms with E-state index in [1.807, 2.05) is 19.3 Å². The maximum absolute atomic E-state index is 9.03. The van der Waals surface area contributed by atoms with Crippen LogP contribution in [0.15, 0.2) is 12.3 Å². The zero-order chi connectivity index (χ0) is 11.4. The van der Waals surface area contributed by atoms with Gasteiger partial charge in [-0.2, -0.15) is 5.10 Å². The van der Waals surface area contributed by atoms with E-state index < -0.39 is 0 Å². The first-order valence-corrected chi connectivity index (χ1v) is 5.99. The second-order valence-corrected chi connectivity index (χ2v) is 4.62. The summed E-state index contributed by atoms with van der Waals surface area (Å²) in [5, 5.41) is 13.3. The lowest BCUT2D eigenvalue weighted by molar-refractivity contribution is -0.000303. The number of aliphatic hydroxyl groups is 1. The minimum absolute atomic E-state index is 0.326. The third-order valence-electron chi connectivity index (χ3n) is 3.29. The molecule has 4 nitrogen and oxygen atoms in total. The first-order chi connectivity index (χ1) is 7.78. The fourth-order valence-corrected chi connectivity index (χ4v) is 2.22. The van der Waals surface area contributed by atoms with Crippen molar-refractivity contribution in [2.75, 3.05) is 6.61 Å². The zero-order valence-corrected chi connectivity index (χ0v) is 9.80. The molecule has 0 bridgehead atoms. The number of nitrogens with zero attached hydrogens (tertiary/aromatic N) is 2. The van der Waals surface area contributed by atoms with Gasteiger partial charge in [0.05, 0.1) is 18.4 Å². The van der Waals surface area contributed by atoms with Gasteiger partial charge in [-0.05, 0) is 37.7 Å². The highest BCUT2D eigenvalue weighted by molar-refractivity contribution is 4.96. The van der Waals surface area contributed by atoms with Gasteiger partial charge in [-0.15, -0.1) is 0 Å². The van der Waals surface area contributed by atoms with Crippen molar-refractivity contribution in [3.05, 3.63) is 18.0 Å². The number of hydrogen-bond acceptors (Lipinski definition) is 3.